The second-order valence-electron chi connectivity index (χ2n) is 3.70. The van der Waals surface area contributed by atoms with Crippen molar-refractivity contribution in [2.75, 3.05) is 0 Å². The van der Waals surface area contributed by atoms with Crippen molar-refractivity contribution in [2.45, 2.75) is 16.1 Å². The summed E-state index contributed by atoms with van der Waals surface area (Å²) in [4.78, 5) is 1.41. The number of rotatable bonds is 0. The molecule has 0 bridgehead atoms. The first-order valence-electron chi connectivity index (χ1n) is 4.76. The Bertz CT molecular complexity index is 477. The first-order chi connectivity index (χ1) is 7.24. The first-order valence-corrected chi connectivity index (χ1v) is 7.22. The molecule has 1 aromatic rings. The van der Waals surface area contributed by atoms with Crippen molar-refractivity contribution in [2.24, 2.45) is 0 Å². The van der Waals surface area contributed by atoms with Crippen LogP contribution >= 0.6 is 43.6 Å². The molecule has 0 saturated heterocycles. The zero-order chi connectivity index (χ0) is 10.4. The first kappa shape index (κ1) is 10.2. The van der Waals surface area contributed by atoms with E-state index in [1.54, 1.807) is 0 Å². The summed E-state index contributed by atoms with van der Waals surface area (Å²) in [6.45, 7) is 0. The van der Waals surface area contributed by atoms with E-state index in [0.29, 0.717) is 11.2 Å². The zero-order valence-corrected chi connectivity index (χ0v) is 11.8. The van der Waals surface area contributed by atoms with E-state index in [9.17, 15) is 0 Å². The van der Waals surface area contributed by atoms with Gasteiger partial charge in [-0.25, -0.2) is 0 Å². The second kappa shape index (κ2) is 3.79. The lowest BCUT2D eigenvalue weighted by Crippen LogP contribution is -2.07. The normalized spacial score (nSPS) is 27.2. The van der Waals surface area contributed by atoms with Crippen LogP contribution in [-0.4, -0.2) is 5.25 Å². The molecule has 1 aliphatic heterocycles. The van der Waals surface area contributed by atoms with Crippen LogP contribution in [-0.2, 0) is 0 Å². The van der Waals surface area contributed by atoms with Crippen molar-refractivity contribution >= 4 is 43.6 Å². The molecular weight excluding hydrogens is 336 g/mol. The molecule has 0 saturated carbocycles. The standard InChI is InChI=1S/C12H8Br2S/c13-7-1-3-9-10-4-2-8(14)6-12(10)15-11(9)5-7/h1-6,9,11H. The maximum atomic E-state index is 3.54. The van der Waals surface area contributed by atoms with Crippen LogP contribution in [0.5, 0.6) is 0 Å². The average Bonchev–Trinajstić information content (AvgIpc) is 2.53. The third kappa shape index (κ3) is 1.75. The van der Waals surface area contributed by atoms with E-state index in [0.717, 1.165) is 0 Å². The molecular formula is C12H8Br2S. The third-order valence-electron chi connectivity index (χ3n) is 2.74. The van der Waals surface area contributed by atoms with Gasteiger partial charge >= 0.3 is 0 Å². The van der Waals surface area contributed by atoms with E-state index < -0.39 is 0 Å². The van der Waals surface area contributed by atoms with E-state index in [4.69, 9.17) is 0 Å². The zero-order valence-electron chi connectivity index (χ0n) is 7.78. The Morgan fingerprint density at radius 2 is 2.07 bits per heavy atom. The number of halogens is 2. The van der Waals surface area contributed by atoms with Crippen LogP contribution in [0.15, 0.2) is 50.3 Å². The average molecular weight is 344 g/mol. The molecule has 0 amide bonds. The third-order valence-corrected chi connectivity index (χ3v) is 5.07. The molecule has 0 radical (unpaired) electrons. The van der Waals surface area contributed by atoms with Crippen LogP contribution in [0.2, 0.25) is 0 Å². The molecule has 15 heavy (non-hydrogen) atoms. The minimum Gasteiger partial charge on any atom is -0.117 e. The highest BCUT2D eigenvalue weighted by Gasteiger charge is 2.31. The molecule has 0 fully saturated rings. The number of benzene rings is 1. The van der Waals surface area contributed by atoms with Gasteiger partial charge in [0.2, 0.25) is 0 Å². The maximum Gasteiger partial charge on any atom is 0.0392 e. The van der Waals surface area contributed by atoms with Gasteiger partial charge in [0, 0.05) is 25.0 Å². The molecule has 3 heteroatoms. The summed E-state index contributed by atoms with van der Waals surface area (Å²) in [7, 11) is 0. The Balaban J connectivity index is 2.07. The maximum absolute atomic E-state index is 3.54. The van der Waals surface area contributed by atoms with Crippen molar-refractivity contribution in [1.29, 1.82) is 0 Å². The fraction of sp³-hybridized carbons (Fsp3) is 0.167. The van der Waals surface area contributed by atoms with Gasteiger partial charge in [0.25, 0.3) is 0 Å². The van der Waals surface area contributed by atoms with Crippen LogP contribution in [0.1, 0.15) is 11.5 Å². The highest BCUT2D eigenvalue weighted by atomic mass is 79.9. The van der Waals surface area contributed by atoms with E-state index in [1.165, 1.54) is 19.4 Å². The number of fused-ring (bicyclic) bond motifs is 3. The van der Waals surface area contributed by atoms with Gasteiger partial charge in [-0.3, -0.25) is 0 Å². The Morgan fingerprint density at radius 1 is 1.20 bits per heavy atom. The molecule has 1 aliphatic carbocycles. The van der Waals surface area contributed by atoms with Gasteiger partial charge in [0.15, 0.2) is 0 Å². The second-order valence-corrected chi connectivity index (χ2v) is 6.75. The lowest BCUT2D eigenvalue weighted by Gasteiger charge is -2.16. The van der Waals surface area contributed by atoms with Crippen LogP contribution < -0.4 is 0 Å². The van der Waals surface area contributed by atoms with Gasteiger partial charge in [-0.2, -0.15) is 0 Å². The number of allylic oxidation sites excluding steroid dienone is 3. The Hall–Kier alpha value is 0.01000. The lowest BCUT2D eigenvalue weighted by molar-refractivity contribution is 0.879. The van der Waals surface area contributed by atoms with Crippen LogP contribution in [0.3, 0.4) is 0 Å². The van der Waals surface area contributed by atoms with Crippen LogP contribution in [0, 0.1) is 0 Å². The van der Waals surface area contributed by atoms with Gasteiger partial charge in [-0.1, -0.05) is 56.2 Å². The lowest BCUT2D eigenvalue weighted by atomic mass is 9.93. The van der Waals surface area contributed by atoms with Gasteiger partial charge in [0.05, 0.1) is 0 Å². The molecule has 76 valence electrons. The summed E-state index contributed by atoms with van der Waals surface area (Å²) in [5, 5.41) is 0.564. The Kier molecular flexibility index (Phi) is 2.57. The van der Waals surface area contributed by atoms with Crippen molar-refractivity contribution < 1.29 is 0 Å². The largest absolute Gasteiger partial charge is 0.117 e. The van der Waals surface area contributed by atoms with E-state index in [-0.39, 0.29) is 0 Å². The number of thioether (sulfide) groups is 1. The summed E-state index contributed by atoms with van der Waals surface area (Å²) in [6, 6.07) is 6.57. The smallest absolute Gasteiger partial charge is 0.0392 e. The predicted molar refractivity (Wildman–Crippen MR) is 72.7 cm³/mol. The monoisotopic (exact) mass is 342 g/mol. The summed E-state index contributed by atoms with van der Waals surface area (Å²) in [5.74, 6) is 0.555. The van der Waals surface area contributed by atoms with Gasteiger partial charge in [-0.05, 0) is 17.7 Å². The molecule has 2 aliphatic rings. The molecule has 0 aromatic heterocycles. The molecule has 0 nitrogen and oxygen atoms in total. The molecule has 2 unspecified atom stereocenters. The number of hydrogen-bond acceptors (Lipinski definition) is 1. The fourth-order valence-electron chi connectivity index (χ4n) is 2.04. The van der Waals surface area contributed by atoms with E-state index in [2.05, 4.69) is 68.3 Å². The predicted octanol–water partition coefficient (Wildman–Crippen LogP) is 4.86. The van der Waals surface area contributed by atoms with Crippen LogP contribution in [0.4, 0.5) is 0 Å². The van der Waals surface area contributed by atoms with Crippen LogP contribution in [0.25, 0.3) is 0 Å². The minimum absolute atomic E-state index is 0.555. The van der Waals surface area contributed by atoms with Crippen molar-refractivity contribution in [3.8, 4) is 0 Å². The van der Waals surface area contributed by atoms with Crippen molar-refractivity contribution in [3.05, 3.63) is 50.9 Å². The summed E-state index contributed by atoms with van der Waals surface area (Å²) >= 11 is 9.01. The highest BCUT2D eigenvalue weighted by molar-refractivity contribution is 9.12. The summed E-state index contributed by atoms with van der Waals surface area (Å²) in [5.41, 5.74) is 1.46. The fourth-order valence-corrected chi connectivity index (χ4v) is 4.59. The quantitative estimate of drug-likeness (QED) is 0.648. The summed E-state index contributed by atoms with van der Waals surface area (Å²) in [6.07, 6.45) is 6.74. The molecule has 1 aromatic carbocycles. The topological polar surface area (TPSA) is 0 Å². The number of hydrogen-bond donors (Lipinski definition) is 0. The Labute approximate surface area is 110 Å². The summed E-state index contributed by atoms with van der Waals surface area (Å²) < 4.78 is 2.36. The SMILES string of the molecule is BrC1=CC2Sc3cc(Br)ccc3C2C=C1. The Morgan fingerprint density at radius 3 is 2.93 bits per heavy atom. The van der Waals surface area contributed by atoms with E-state index in [1.807, 2.05) is 11.8 Å². The van der Waals surface area contributed by atoms with Gasteiger partial charge < -0.3 is 0 Å². The van der Waals surface area contributed by atoms with Gasteiger partial charge in [0.1, 0.15) is 0 Å². The van der Waals surface area contributed by atoms with Crippen molar-refractivity contribution in [3.63, 3.8) is 0 Å². The molecule has 0 spiro atoms. The molecule has 1 heterocycles. The van der Waals surface area contributed by atoms with Gasteiger partial charge in [-0.15, -0.1) is 11.8 Å². The van der Waals surface area contributed by atoms with Crippen molar-refractivity contribution in [1.82, 2.24) is 0 Å². The molecule has 2 atom stereocenters. The minimum atomic E-state index is 0.555. The highest BCUT2D eigenvalue weighted by Crippen LogP contribution is 2.49. The molecule has 3 rings (SSSR count). The van der Waals surface area contributed by atoms with E-state index >= 15 is 0 Å². The molecule has 0 N–H and O–H groups in total.